The number of amides is 1. The lowest BCUT2D eigenvalue weighted by Gasteiger charge is -2.16. The lowest BCUT2D eigenvalue weighted by atomic mass is 10.1. The maximum absolute atomic E-state index is 12.2. The van der Waals surface area contributed by atoms with E-state index in [4.69, 9.17) is 14.2 Å². The Bertz CT molecular complexity index is 786. The molecule has 144 valence electrons. The van der Waals surface area contributed by atoms with Crippen LogP contribution in [0.25, 0.3) is 6.08 Å². The standard InChI is InChI=1S/C22H27NO4/c1-5-7-17-10-11-20(21(14-17)26-4)27-15-22(24)23-16(2)12-18-8-6-9-19(13-18)25-3/h5-11,13-14,16H,12,15H2,1-4H3,(H,23,24)/b7-5+. The van der Waals surface area contributed by atoms with Crippen LogP contribution < -0.4 is 19.5 Å². The van der Waals surface area contributed by atoms with Crippen molar-refractivity contribution in [1.29, 1.82) is 0 Å². The number of allylic oxidation sites excluding steroid dienone is 1. The Labute approximate surface area is 161 Å². The summed E-state index contributed by atoms with van der Waals surface area (Å²) >= 11 is 0. The number of benzene rings is 2. The summed E-state index contributed by atoms with van der Waals surface area (Å²) in [6.45, 7) is 3.85. The van der Waals surface area contributed by atoms with Crippen LogP contribution in [0.2, 0.25) is 0 Å². The van der Waals surface area contributed by atoms with E-state index in [1.54, 1.807) is 20.3 Å². The zero-order valence-electron chi connectivity index (χ0n) is 16.3. The average Bonchev–Trinajstić information content (AvgIpc) is 2.67. The second-order valence-electron chi connectivity index (χ2n) is 6.22. The summed E-state index contributed by atoms with van der Waals surface area (Å²) in [6, 6.07) is 13.4. The van der Waals surface area contributed by atoms with Crippen LogP contribution in [0.15, 0.2) is 48.5 Å². The van der Waals surface area contributed by atoms with Gasteiger partial charge in [0.05, 0.1) is 14.2 Å². The third-order valence-corrected chi connectivity index (χ3v) is 3.99. The second-order valence-corrected chi connectivity index (χ2v) is 6.22. The van der Waals surface area contributed by atoms with Gasteiger partial charge in [-0.05, 0) is 55.7 Å². The van der Waals surface area contributed by atoms with E-state index in [1.165, 1.54) is 0 Å². The van der Waals surface area contributed by atoms with E-state index in [2.05, 4.69) is 5.32 Å². The maximum Gasteiger partial charge on any atom is 0.258 e. The molecule has 5 nitrogen and oxygen atoms in total. The molecule has 5 heteroatoms. The highest BCUT2D eigenvalue weighted by Crippen LogP contribution is 2.28. The highest BCUT2D eigenvalue weighted by molar-refractivity contribution is 5.78. The Hall–Kier alpha value is -2.95. The van der Waals surface area contributed by atoms with Crippen LogP contribution in [0.4, 0.5) is 0 Å². The Morgan fingerprint density at radius 2 is 1.93 bits per heavy atom. The number of rotatable bonds is 9. The average molecular weight is 369 g/mol. The van der Waals surface area contributed by atoms with Crippen LogP contribution in [0.3, 0.4) is 0 Å². The third kappa shape index (κ3) is 6.37. The summed E-state index contributed by atoms with van der Waals surface area (Å²) in [5.74, 6) is 1.77. The highest BCUT2D eigenvalue weighted by Gasteiger charge is 2.11. The SMILES string of the molecule is C/C=C/c1ccc(OCC(=O)NC(C)Cc2cccc(OC)c2)c(OC)c1. The summed E-state index contributed by atoms with van der Waals surface area (Å²) in [5, 5.41) is 2.95. The van der Waals surface area contributed by atoms with Crippen molar-refractivity contribution < 1.29 is 19.0 Å². The minimum atomic E-state index is -0.176. The minimum Gasteiger partial charge on any atom is -0.497 e. The quantitative estimate of drug-likeness (QED) is 0.729. The normalized spacial score (nSPS) is 11.9. The van der Waals surface area contributed by atoms with Gasteiger partial charge in [-0.1, -0.05) is 30.4 Å². The number of carbonyl (C=O) groups excluding carboxylic acids is 1. The first-order valence-corrected chi connectivity index (χ1v) is 8.91. The summed E-state index contributed by atoms with van der Waals surface area (Å²) in [5.41, 5.74) is 2.11. The molecular weight excluding hydrogens is 342 g/mol. The molecule has 1 N–H and O–H groups in total. The molecule has 0 bridgehead atoms. The minimum absolute atomic E-state index is 0.0211. The van der Waals surface area contributed by atoms with E-state index in [1.807, 2.05) is 62.4 Å². The predicted molar refractivity (Wildman–Crippen MR) is 107 cm³/mol. The van der Waals surface area contributed by atoms with Crippen molar-refractivity contribution in [2.75, 3.05) is 20.8 Å². The molecule has 0 aromatic heterocycles. The Kier molecular flexibility index (Phi) is 7.74. The molecule has 0 spiro atoms. The van der Waals surface area contributed by atoms with Crippen molar-refractivity contribution in [3.63, 3.8) is 0 Å². The van der Waals surface area contributed by atoms with Gasteiger partial charge < -0.3 is 19.5 Å². The largest absolute Gasteiger partial charge is 0.497 e. The first-order valence-electron chi connectivity index (χ1n) is 8.91. The van der Waals surface area contributed by atoms with Gasteiger partial charge in [0.2, 0.25) is 0 Å². The lowest BCUT2D eigenvalue weighted by molar-refractivity contribution is -0.123. The van der Waals surface area contributed by atoms with E-state index < -0.39 is 0 Å². The van der Waals surface area contributed by atoms with Crippen molar-refractivity contribution in [3.8, 4) is 17.2 Å². The fourth-order valence-electron chi connectivity index (χ4n) is 2.76. The van der Waals surface area contributed by atoms with Crippen molar-refractivity contribution in [3.05, 3.63) is 59.7 Å². The first kappa shape index (κ1) is 20.4. The summed E-state index contributed by atoms with van der Waals surface area (Å²) in [6.07, 6.45) is 4.63. The van der Waals surface area contributed by atoms with Crippen LogP contribution in [-0.2, 0) is 11.2 Å². The van der Waals surface area contributed by atoms with Gasteiger partial charge in [-0.2, -0.15) is 0 Å². The summed E-state index contributed by atoms with van der Waals surface area (Å²) in [4.78, 5) is 12.2. The molecule has 0 saturated carbocycles. The molecule has 1 atom stereocenters. The molecule has 27 heavy (non-hydrogen) atoms. The maximum atomic E-state index is 12.2. The van der Waals surface area contributed by atoms with E-state index >= 15 is 0 Å². The van der Waals surface area contributed by atoms with Crippen molar-refractivity contribution >= 4 is 12.0 Å². The molecule has 0 fully saturated rings. The van der Waals surface area contributed by atoms with Gasteiger partial charge >= 0.3 is 0 Å². The number of hydrogen-bond donors (Lipinski definition) is 1. The third-order valence-electron chi connectivity index (χ3n) is 3.99. The molecule has 2 aromatic carbocycles. The van der Waals surface area contributed by atoms with Crippen LogP contribution in [0, 0.1) is 0 Å². The molecule has 0 heterocycles. The molecule has 2 aromatic rings. The second kappa shape index (κ2) is 10.3. The van der Waals surface area contributed by atoms with Gasteiger partial charge in [-0.15, -0.1) is 0 Å². The van der Waals surface area contributed by atoms with E-state index in [0.717, 1.165) is 16.9 Å². The number of ether oxygens (including phenoxy) is 3. The molecular formula is C22H27NO4. The van der Waals surface area contributed by atoms with Gasteiger partial charge in [0.25, 0.3) is 5.91 Å². The molecule has 0 aliphatic heterocycles. The summed E-state index contributed by atoms with van der Waals surface area (Å²) in [7, 11) is 3.22. The Balaban J connectivity index is 1.88. The molecule has 0 aliphatic rings. The molecule has 1 unspecified atom stereocenters. The smallest absolute Gasteiger partial charge is 0.258 e. The van der Waals surface area contributed by atoms with Crippen LogP contribution in [-0.4, -0.2) is 32.8 Å². The van der Waals surface area contributed by atoms with E-state index in [-0.39, 0.29) is 18.6 Å². The highest BCUT2D eigenvalue weighted by atomic mass is 16.5. The Morgan fingerprint density at radius 3 is 2.63 bits per heavy atom. The fourth-order valence-corrected chi connectivity index (χ4v) is 2.76. The van der Waals surface area contributed by atoms with E-state index in [0.29, 0.717) is 17.9 Å². The molecule has 0 radical (unpaired) electrons. The molecule has 0 aliphatic carbocycles. The van der Waals surface area contributed by atoms with Crippen molar-refractivity contribution in [2.45, 2.75) is 26.3 Å². The van der Waals surface area contributed by atoms with Crippen molar-refractivity contribution in [2.24, 2.45) is 0 Å². The number of hydrogen-bond acceptors (Lipinski definition) is 4. The van der Waals surface area contributed by atoms with Gasteiger partial charge in [-0.3, -0.25) is 4.79 Å². The van der Waals surface area contributed by atoms with Gasteiger partial charge in [-0.25, -0.2) is 0 Å². The van der Waals surface area contributed by atoms with Gasteiger partial charge in [0, 0.05) is 6.04 Å². The van der Waals surface area contributed by atoms with Gasteiger partial charge in [0.15, 0.2) is 18.1 Å². The van der Waals surface area contributed by atoms with Crippen LogP contribution in [0.1, 0.15) is 25.0 Å². The topological polar surface area (TPSA) is 56.8 Å². The zero-order chi connectivity index (χ0) is 19.6. The van der Waals surface area contributed by atoms with Crippen molar-refractivity contribution in [1.82, 2.24) is 5.32 Å². The van der Waals surface area contributed by atoms with Crippen LogP contribution >= 0.6 is 0 Å². The molecule has 2 rings (SSSR count). The fraction of sp³-hybridized carbons (Fsp3) is 0.318. The summed E-state index contributed by atoms with van der Waals surface area (Å²) < 4.78 is 16.2. The molecule has 0 saturated heterocycles. The lowest BCUT2D eigenvalue weighted by Crippen LogP contribution is -2.37. The zero-order valence-corrected chi connectivity index (χ0v) is 16.3. The first-order chi connectivity index (χ1) is 13.0. The number of nitrogens with one attached hydrogen (secondary N) is 1. The van der Waals surface area contributed by atoms with Gasteiger partial charge in [0.1, 0.15) is 5.75 Å². The Morgan fingerprint density at radius 1 is 1.11 bits per heavy atom. The monoisotopic (exact) mass is 369 g/mol. The number of carbonyl (C=O) groups is 1. The van der Waals surface area contributed by atoms with Crippen LogP contribution in [0.5, 0.6) is 17.2 Å². The van der Waals surface area contributed by atoms with E-state index in [9.17, 15) is 4.79 Å². The predicted octanol–water partition coefficient (Wildman–Crippen LogP) is 3.86. The number of methoxy groups -OCH3 is 2. The molecule has 1 amide bonds.